The van der Waals surface area contributed by atoms with Crippen LogP contribution in [0.15, 0.2) is 76.0 Å². The smallest absolute Gasteiger partial charge is 0.336 e. The van der Waals surface area contributed by atoms with Crippen LogP contribution in [-0.2, 0) is 23.9 Å². The number of methoxy groups -OCH3 is 1. The van der Waals surface area contributed by atoms with Crippen LogP contribution >= 0.6 is 11.8 Å². The van der Waals surface area contributed by atoms with Crippen LogP contribution in [0.2, 0.25) is 0 Å². The number of carbonyl (C=O) groups excluding carboxylic acids is 3. The molecule has 0 spiro atoms. The highest BCUT2D eigenvalue weighted by molar-refractivity contribution is 7.98. The lowest BCUT2D eigenvalue weighted by Gasteiger charge is -2.39. The maximum atomic E-state index is 14.4. The maximum Gasteiger partial charge on any atom is 0.336 e. The van der Waals surface area contributed by atoms with E-state index < -0.39 is 29.7 Å². The second kappa shape index (κ2) is 11.9. The van der Waals surface area contributed by atoms with Gasteiger partial charge in [0.2, 0.25) is 0 Å². The standard InChI is InChI=1S/C30H33NO6S/c1-6-36-29(33)24-17(3)31-22-16-21(20-10-8-9-11-23(20)35-4)26(30(34)37-7-2)28(32)27(22)25(24)18-12-14-19(38-5)15-13-18/h8-15,21,25-26,31H,6-7,16H2,1-5H3/t21-,25+,26+/m0/s1. The van der Waals surface area contributed by atoms with Gasteiger partial charge in [-0.1, -0.05) is 30.3 Å². The molecule has 38 heavy (non-hydrogen) atoms. The van der Waals surface area contributed by atoms with Gasteiger partial charge in [-0.15, -0.1) is 11.8 Å². The molecular formula is C30H33NO6S. The Hall–Kier alpha value is -3.52. The normalized spacial score (nSPS) is 21.0. The maximum absolute atomic E-state index is 14.4. The average molecular weight is 536 g/mol. The summed E-state index contributed by atoms with van der Waals surface area (Å²) in [6.45, 7) is 5.64. The molecule has 1 N–H and O–H groups in total. The van der Waals surface area contributed by atoms with Gasteiger partial charge < -0.3 is 19.5 Å². The van der Waals surface area contributed by atoms with Crippen molar-refractivity contribution in [1.82, 2.24) is 5.32 Å². The first kappa shape index (κ1) is 27.5. The van der Waals surface area contributed by atoms with Crippen molar-refractivity contribution in [3.05, 3.63) is 82.2 Å². The Morgan fingerprint density at radius 3 is 2.34 bits per heavy atom. The molecule has 4 rings (SSSR count). The molecule has 2 aliphatic rings. The number of thioether (sulfide) groups is 1. The van der Waals surface area contributed by atoms with Gasteiger partial charge in [0, 0.05) is 33.7 Å². The lowest BCUT2D eigenvalue weighted by molar-refractivity contribution is -0.152. The zero-order valence-corrected chi connectivity index (χ0v) is 23.1. The van der Waals surface area contributed by atoms with Crippen molar-refractivity contribution in [2.45, 2.75) is 43.9 Å². The van der Waals surface area contributed by atoms with E-state index in [1.807, 2.05) is 61.7 Å². The highest BCUT2D eigenvalue weighted by Crippen LogP contribution is 2.49. The van der Waals surface area contributed by atoms with Crippen molar-refractivity contribution >= 4 is 29.5 Å². The second-order valence-corrected chi connectivity index (χ2v) is 10.0. The van der Waals surface area contributed by atoms with Crippen LogP contribution < -0.4 is 10.1 Å². The highest BCUT2D eigenvalue weighted by Gasteiger charge is 2.49. The predicted molar refractivity (Wildman–Crippen MR) is 146 cm³/mol. The topological polar surface area (TPSA) is 90.9 Å². The quantitative estimate of drug-likeness (QED) is 0.283. The third-order valence-electron chi connectivity index (χ3n) is 7.04. The third-order valence-corrected chi connectivity index (χ3v) is 7.79. The molecule has 2 aromatic carbocycles. The molecule has 0 bridgehead atoms. The van der Waals surface area contributed by atoms with Crippen molar-refractivity contribution in [2.75, 3.05) is 26.6 Å². The first-order valence-corrected chi connectivity index (χ1v) is 13.9. The lowest BCUT2D eigenvalue weighted by Crippen LogP contribution is -2.43. The minimum absolute atomic E-state index is 0.151. The first-order chi connectivity index (χ1) is 18.4. The Balaban J connectivity index is 1.91. The number of allylic oxidation sites excluding steroid dienone is 3. The number of Topliss-reactive ketones (excluding diaryl/α,β-unsaturated/α-hetero) is 1. The molecule has 0 aromatic heterocycles. The summed E-state index contributed by atoms with van der Waals surface area (Å²) in [4.78, 5) is 42.0. The van der Waals surface area contributed by atoms with Crippen LogP contribution in [0.25, 0.3) is 0 Å². The van der Waals surface area contributed by atoms with Crippen LogP contribution in [0.5, 0.6) is 5.75 Å². The largest absolute Gasteiger partial charge is 0.496 e. The third kappa shape index (κ3) is 5.10. The van der Waals surface area contributed by atoms with Gasteiger partial charge in [-0.2, -0.15) is 0 Å². The van der Waals surface area contributed by atoms with Gasteiger partial charge in [-0.25, -0.2) is 4.79 Å². The zero-order valence-electron chi connectivity index (χ0n) is 22.3. The van der Waals surface area contributed by atoms with E-state index in [1.165, 1.54) is 0 Å². The number of hydrogen-bond acceptors (Lipinski definition) is 8. The van der Waals surface area contributed by atoms with Gasteiger partial charge in [0.25, 0.3) is 0 Å². The van der Waals surface area contributed by atoms with E-state index in [4.69, 9.17) is 14.2 Å². The Morgan fingerprint density at radius 1 is 1.03 bits per heavy atom. The van der Waals surface area contributed by atoms with Crippen molar-refractivity contribution in [3.8, 4) is 5.75 Å². The number of para-hydroxylation sites is 1. The van der Waals surface area contributed by atoms with Crippen molar-refractivity contribution < 1.29 is 28.6 Å². The minimum Gasteiger partial charge on any atom is -0.496 e. The molecule has 0 unspecified atom stereocenters. The number of hydrogen-bond donors (Lipinski definition) is 1. The number of ether oxygens (including phenoxy) is 3. The summed E-state index contributed by atoms with van der Waals surface area (Å²) in [6, 6.07) is 15.2. The molecular weight excluding hydrogens is 502 g/mol. The molecule has 8 heteroatoms. The number of esters is 2. The zero-order chi connectivity index (χ0) is 27.4. The summed E-state index contributed by atoms with van der Waals surface area (Å²) in [5.74, 6) is -3.09. The Labute approximate surface area is 227 Å². The summed E-state index contributed by atoms with van der Waals surface area (Å²) in [6.07, 6.45) is 2.36. The van der Waals surface area contributed by atoms with Gasteiger partial charge >= 0.3 is 11.9 Å². The fourth-order valence-corrected chi connectivity index (χ4v) is 5.82. The molecule has 1 aliphatic carbocycles. The van der Waals surface area contributed by atoms with Crippen LogP contribution in [0, 0.1) is 5.92 Å². The van der Waals surface area contributed by atoms with E-state index in [1.54, 1.807) is 32.7 Å². The molecule has 1 aliphatic heterocycles. The molecule has 0 fully saturated rings. The number of ketones is 1. The van der Waals surface area contributed by atoms with Gasteiger partial charge in [-0.05, 0) is 62.8 Å². The van der Waals surface area contributed by atoms with Crippen LogP contribution in [0.4, 0.5) is 0 Å². The molecule has 2 aromatic rings. The Bertz CT molecular complexity index is 1300. The molecule has 3 atom stereocenters. The van der Waals surface area contributed by atoms with Crippen LogP contribution in [-0.4, -0.2) is 44.3 Å². The van der Waals surface area contributed by atoms with E-state index >= 15 is 0 Å². The van der Waals surface area contributed by atoms with E-state index in [0.29, 0.717) is 34.7 Å². The van der Waals surface area contributed by atoms with Crippen molar-refractivity contribution in [1.29, 1.82) is 0 Å². The van der Waals surface area contributed by atoms with Gasteiger partial charge in [0.15, 0.2) is 5.78 Å². The summed E-state index contributed by atoms with van der Waals surface area (Å²) in [5, 5.41) is 3.33. The second-order valence-electron chi connectivity index (χ2n) is 9.13. The molecule has 0 amide bonds. The molecule has 0 saturated heterocycles. The first-order valence-electron chi connectivity index (χ1n) is 12.7. The van der Waals surface area contributed by atoms with Crippen molar-refractivity contribution in [2.24, 2.45) is 5.92 Å². The number of carbonyl (C=O) groups is 3. The van der Waals surface area contributed by atoms with E-state index in [9.17, 15) is 14.4 Å². The van der Waals surface area contributed by atoms with Gasteiger partial charge in [-0.3, -0.25) is 9.59 Å². The Morgan fingerprint density at radius 2 is 1.71 bits per heavy atom. The Kier molecular flexibility index (Phi) is 8.62. The van der Waals surface area contributed by atoms with E-state index in [0.717, 1.165) is 16.0 Å². The summed E-state index contributed by atoms with van der Waals surface area (Å²) in [5.41, 5.74) is 3.63. The van der Waals surface area contributed by atoms with Crippen LogP contribution in [0.3, 0.4) is 0 Å². The number of dihydropyridines is 1. The van der Waals surface area contributed by atoms with E-state index in [-0.39, 0.29) is 19.0 Å². The van der Waals surface area contributed by atoms with E-state index in [2.05, 4.69) is 5.32 Å². The predicted octanol–water partition coefficient (Wildman–Crippen LogP) is 5.13. The number of benzene rings is 2. The average Bonchev–Trinajstić information content (AvgIpc) is 2.92. The summed E-state index contributed by atoms with van der Waals surface area (Å²) in [7, 11) is 1.57. The summed E-state index contributed by atoms with van der Waals surface area (Å²) >= 11 is 1.61. The monoisotopic (exact) mass is 535 g/mol. The highest BCUT2D eigenvalue weighted by atomic mass is 32.2. The molecule has 1 heterocycles. The fraction of sp³-hybridized carbons (Fsp3) is 0.367. The SMILES string of the molecule is CCOC(=O)C1=C(C)NC2=C(C(=O)[C@H](C(=O)OCC)[C@H](c3ccccc3OC)C2)[C@@H]1c1ccc(SC)cc1. The van der Waals surface area contributed by atoms with Gasteiger partial charge in [0.1, 0.15) is 11.7 Å². The number of nitrogens with one attached hydrogen (secondary N) is 1. The molecule has 7 nitrogen and oxygen atoms in total. The molecule has 0 saturated carbocycles. The number of rotatable bonds is 8. The van der Waals surface area contributed by atoms with Gasteiger partial charge in [0.05, 0.1) is 25.9 Å². The summed E-state index contributed by atoms with van der Waals surface area (Å²) < 4.78 is 16.4. The lowest BCUT2D eigenvalue weighted by atomic mass is 9.67. The molecule has 0 radical (unpaired) electrons. The molecule has 200 valence electrons. The van der Waals surface area contributed by atoms with Crippen molar-refractivity contribution in [3.63, 3.8) is 0 Å². The fourth-order valence-electron chi connectivity index (χ4n) is 5.41. The van der Waals surface area contributed by atoms with Crippen LogP contribution in [0.1, 0.15) is 50.2 Å². The minimum atomic E-state index is -1.08.